The zero-order valence-corrected chi connectivity index (χ0v) is 23.5. The van der Waals surface area contributed by atoms with Crippen LogP contribution < -0.4 is 9.47 Å². The van der Waals surface area contributed by atoms with Gasteiger partial charge in [-0.15, -0.1) is 11.3 Å². The third kappa shape index (κ3) is 8.73. The minimum absolute atomic E-state index is 0.0143. The van der Waals surface area contributed by atoms with E-state index in [1.54, 1.807) is 16.2 Å². The van der Waals surface area contributed by atoms with Crippen molar-refractivity contribution in [3.05, 3.63) is 46.2 Å². The highest BCUT2D eigenvalue weighted by Gasteiger charge is 2.27. The Morgan fingerprint density at radius 1 is 0.947 bits per heavy atom. The zero-order chi connectivity index (χ0) is 26.6. The first-order valence-electron chi connectivity index (χ1n) is 14.2. The monoisotopic (exact) mass is 542 g/mol. The van der Waals surface area contributed by atoms with Gasteiger partial charge in [0.2, 0.25) is 18.6 Å². The number of hydrogen-bond donors (Lipinski definition) is 0. The number of rotatable bonds is 16. The molecular formula is C30H42N2O5S. The van der Waals surface area contributed by atoms with E-state index in [1.807, 2.05) is 40.6 Å². The van der Waals surface area contributed by atoms with Gasteiger partial charge in [0, 0.05) is 31.0 Å². The third-order valence-corrected chi connectivity index (χ3v) is 8.07. The Balaban J connectivity index is 1.39. The SMILES string of the molecule is CCCCCCCCCC(=O)N(CC(=O)N(Cc1ccc2c(c1)OCO2)Cc1cccs1)CC1CCCO1. The molecule has 2 aliphatic heterocycles. The van der Waals surface area contributed by atoms with Gasteiger partial charge in [-0.2, -0.15) is 0 Å². The van der Waals surface area contributed by atoms with E-state index in [1.165, 1.54) is 32.1 Å². The average Bonchev–Trinajstić information content (AvgIpc) is 3.70. The van der Waals surface area contributed by atoms with Gasteiger partial charge in [-0.25, -0.2) is 0 Å². The Bertz CT molecular complexity index is 1010. The van der Waals surface area contributed by atoms with Gasteiger partial charge in [0.25, 0.3) is 0 Å². The van der Waals surface area contributed by atoms with E-state index in [0.29, 0.717) is 31.8 Å². The molecule has 0 saturated carbocycles. The maximum absolute atomic E-state index is 13.7. The highest BCUT2D eigenvalue weighted by Crippen LogP contribution is 2.33. The summed E-state index contributed by atoms with van der Waals surface area (Å²) in [6, 6.07) is 9.84. The lowest BCUT2D eigenvalue weighted by Crippen LogP contribution is -2.45. The summed E-state index contributed by atoms with van der Waals surface area (Å²) in [5.74, 6) is 1.43. The normalized spacial score (nSPS) is 16.1. The fourth-order valence-electron chi connectivity index (χ4n) is 5.03. The van der Waals surface area contributed by atoms with Crippen molar-refractivity contribution in [2.24, 2.45) is 0 Å². The van der Waals surface area contributed by atoms with E-state index >= 15 is 0 Å². The number of hydrogen-bond acceptors (Lipinski definition) is 6. The molecule has 0 bridgehead atoms. The summed E-state index contributed by atoms with van der Waals surface area (Å²) in [5.41, 5.74) is 0.972. The summed E-state index contributed by atoms with van der Waals surface area (Å²) >= 11 is 1.63. The van der Waals surface area contributed by atoms with Crippen molar-refractivity contribution < 1.29 is 23.8 Å². The van der Waals surface area contributed by atoms with Crippen LogP contribution in [0.1, 0.15) is 81.6 Å². The molecule has 0 spiro atoms. The van der Waals surface area contributed by atoms with Crippen molar-refractivity contribution in [1.82, 2.24) is 9.80 Å². The molecule has 2 amide bonds. The van der Waals surface area contributed by atoms with Crippen LogP contribution in [0.2, 0.25) is 0 Å². The van der Waals surface area contributed by atoms with E-state index in [-0.39, 0.29) is 31.3 Å². The van der Waals surface area contributed by atoms with Gasteiger partial charge in [0.15, 0.2) is 11.5 Å². The van der Waals surface area contributed by atoms with Crippen LogP contribution >= 0.6 is 11.3 Å². The number of nitrogens with zero attached hydrogens (tertiary/aromatic N) is 2. The summed E-state index contributed by atoms with van der Waals surface area (Å²) in [5, 5.41) is 2.02. The van der Waals surface area contributed by atoms with Crippen LogP contribution in [0.25, 0.3) is 0 Å². The molecule has 7 nitrogen and oxygen atoms in total. The lowest BCUT2D eigenvalue weighted by Gasteiger charge is -2.29. The standard InChI is InChI=1S/C30H42N2O5S/c1-2-3-4-5-6-7-8-13-29(33)32(20-25-11-9-16-35-25)22-30(34)31(21-26-12-10-17-38-26)19-24-14-15-27-28(18-24)37-23-36-27/h10,12,14-15,17-18,25H,2-9,11,13,16,19-23H2,1H3. The second-order valence-electron chi connectivity index (χ2n) is 10.3. The van der Waals surface area contributed by atoms with Gasteiger partial charge in [0.05, 0.1) is 19.2 Å². The van der Waals surface area contributed by atoms with Crippen molar-refractivity contribution in [2.75, 3.05) is 26.5 Å². The Labute approximate surface area is 231 Å². The molecule has 38 heavy (non-hydrogen) atoms. The molecule has 0 aliphatic carbocycles. The first kappa shape index (κ1) is 28.4. The van der Waals surface area contributed by atoms with Crippen LogP contribution in [0.3, 0.4) is 0 Å². The molecule has 3 heterocycles. The van der Waals surface area contributed by atoms with Crippen LogP contribution in [-0.2, 0) is 27.4 Å². The summed E-state index contributed by atoms with van der Waals surface area (Å²) < 4.78 is 16.8. The Morgan fingerprint density at radius 2 is 1.76 bits per heavy atom. The van der Waals surface area contributed by atoms with Gasteiger partial charge >= 0.3 is 0 Å². The molecule has 1 saturated heterocycles. The molecule has 1 fully saturated rings. The number of amides is 2. The van der Waals surface area contributed by atoms with Crippen molar-refractivity contribution in [1.29, 1.82) is 0 Å². The molecule has 8 heteroatoms. The summed E-state index contributed by atoms with van der Waals surface area (Å²) in [6.07, 6.45) is 10.6. The van der Waals surface area contributed by atoms with Gasteiger partial charge < -0.3 is 24.0 Å². The molecule has 4 rings (SSSR count). The molecule has 1 aromatic heterocycles. The average molecular weight is 543 g/mol. The Hall–Kier alpha value is -2.58. The van der Waals surface area contributed by atoms with E-state index in [9.17, 15) is 9.59 Å². The molecule has 1 aromatic carbocycles. The van der Waals surface area contributed by atoms with Crippen molar-refractivity contribution in [3.63, 3.8) is 0 Å². The van der Waals surface area contributed by atoms with Crippen LogP contribution in [0, 0.1) is 0 Å². The topological polar surface area (TPSA) is 68.3 Å². The highest BCUT2D eigenvalue weighted by atomic mass is 32.1. The van der Waals surface area contributed by atoms with Crippen molar-refractivity contribution in [3.8, 4) is 11.5 Å². The third-order valence-electron chi connectivity index (χ3n) is 7.21. The first-order chi connectivity index (χ1) is 18.6. The number of benzene rings is 1. The van der Waals surface area contributed by atoms with Crippen LogP contribution in [-0.4, -0.2) is 54.2 Å². The maximum atomic E-state index is 13.7. The second-order valence-corrected chi connectivity index (χ2v) is 11.3. The fraction of sp³-hybridized carbons (Fsp3) is 0.600. The van der Waals surface area contributed by atoms with Crippen molar-refractivity contribution >= 4 is 23.2 Å². The Kier molecular flexibility index (Phi) is 11.3. The van der Waals surface area contributed by atoms with Gasteiger partial charge in [-0.3, -0.25) is 9.59 Å². The molecule has 1 atom stereocenters. The number of ether oxygens (including phenoxy) is 3. The quantitative estimate of drug-likeness (QED) is 0.238. The molecular weight excluding hydrogens is 500 g/mol. The van der Waals surface area contributed by atoms with Crippen molar-refractivity contribution in [2.45, 2.75) is 90.3 Å². The lowest BCUT2D eigenvalue weighted by atomic mass is 10.1. The number of unbranched alkanes of at least 4 members (excludes halogenated alkanes) is 6. The minimum Gasteiger partial charge on any atom is -0.454 e. The Morgan fingerprint density at radius 3 is 2.53 bits per heavy atom. The summed E-state index contributed by atoms with van der Waals surface area (Å²) in [4.78, 5) is 31.7. The highest BCUT2D eigenvalue weighted by molar-refractivity contribution is 7.09. The van der Waals surface area contributed by atoms with E-state index in [2.05, 4.69) is 6.92 Å². The number of carbonyl (C=O) groups excluding carboxylic acids is 2. The molecule has 0 radical (unpaired) electrons. The first-order valence-corrected chi connectivity index (χ1v) is 15.1. The zero-order valence-electron chi connectivity index (χ0n) is 22.7. The number of carbonyl (C=O) groups is 2. The van der Waals surface area contributed by atoms with Crippen LogP contribution in [0.15, 0.2) is 35.7 Å². The molecule has 1 unspecified atom stereocenters. The maximum Gasteiger partial charge on any atom is 0.242 e. The van der Waals surface area contributed by atoms with Crippen LogP contribution in [0.4, 0.5) is 0 Å². The van der Waals surface area contributed by atoms with E-state index in [4.69, 9.17) is 14.2 Å². The number of fused-ring (bicyclic) bond motifs is 1. The fourth-order valence-corrected chi connectivity index (χ4v) is 5.75. The molecule has 2 aromatic rings. The van der Waals surface area contributed by atoms with E-state index in [0.717, 1.165) is 48.5 Å². The van der Waals surface area contributed by atoms with E-state index < -0.39 is 0 Å². The second kappa shape index (κ2) is 15.1. The molecule has 208 valence electrons. The molecule has 0 N–H and O–H groups in total. The minimum atomic E-state index is -0.0537. The largest absolute Gasteiger partial charge is 0.454 e. The summed E-state index contributed by atoms with van der Waals surface area (Å²) in [7, 11) is 0. The summed E-state index contributed by atoms with van der Waals surface area (Å²) in [6.45, 7) is 4.67. The van der Waals surface area contributed by atoms with Crippen LogP contribution in [0.5, 0.6) is 11.5 Å². The molecule has 2 aliphatic rings. The lowest BCUT2D eigenvalue weighted by molar-refractivity contribution is -0.142. The smallest absolute Gasteiger partial charge is 0.242 e. The van der Waals surface area contributed by atoms with Gasteiger partial charge in [-0.05, 0) is 48.4 Å². The number of thiophene rings is 1. The predicted molar refractivity (Wildman–Crippen MR) is 149 cm³/mol. The predicted octanol–water partition coefficient (Wildman–Crippen LogP) is 6.15. The van der Waals surface area contributed by atoms with Gasteiger partial charge in [0.1, 0.15) is 0 Å². The van der Waals surface area contributed by atoms with Gasteiger partial charge in [-0.1, -0.05) is 57.6 Å².